The van der Waals surface area contributed by atoms with Crippen molar-refractivity contribution in [2.75, 3.05) is 18.5 Å². The molecule has 0 fully saturated rings. The van der Waals surface area contributed by atoms with E-state index in [-0.39, 0.29) is 12.6 Å². The SMILES string of the molecule is CC(C)(C)OC(=O)COCCn1cc(CCBr)nn1. The molecule has 1 heterocycles. The Morgan fingerprint density at radius 3 is 2.84 bits per heavy atom. The summed E-state index contributed by atoms with van der Waals surface area (Å²) >= 11 is 3.35. The third kappa shape index (κ3) is 7.27. The minimum Gasteiger partial charge on any atom is -0.458 e. The van der Waals surface area contributed by atoms with E-state index in [1.807, 2.05) is 27.0 Å². The van der Waals surface area contributed by atoms with Crippen LogP contribution < -0.4 is 0 Å². The standard InChI is InChI=1S/C12H20BrN3O3/c1-12(2,3)19-11(17)9-18-7-6-16-8-10(4-5-13)14-15-16/h8H,4-7,9H2,1-3H3. The molecule has 7 heteroatoms. The summed E-state index contributed by atoms with van der Waals surface area (Å²) in [7, 11) is 0. The van der Waals surface area contributed by atoms with Crippen LogP contribution in [-0.4, -0.2) is 45.1 Å². The molecule has 0 N–H and O–H groups in total. The Morgan fingerprint density at radius 1 is 1.47 bits per heavy atom. The number of rotatable bonds is 7. The van der Waals surface area contributed by atoms with E-state index in [4.69, 9.17) is 9.47 Å². The van der Waals surface area contributed by atoms with Crippen LogP contribution >= 0.6 is 15.9 Å². The van der Waals surface area contributed by atoms with E-state index in [9.17, 15) is 4.79 Å². The van der Waals surface area contributed by atoms with Gasteiger partial charge in [-0.1, -0.05) is 21.1 Å². The minimum absolute atomic E-state index is 0.0414. The van der Waals surface area contributed by atoms with Crippen LogP contribution in [0.15, 0.2) is 6.20 Å². The van der Waals surface area contributed by atoms with Crippen molar-refractivity contribution in [3.8, 4) is 0 Å². The van der Waals surface area contributed by atoms with E-state index in [1.54, 1.807) is 4.68 Å². The molecule has 0 saturated heterocycles. The molecular weight excluding hydrogens is 314 g/mol. The van der Waals surface area contributed by atoms with Gasteiger partial charge in [0.2, 0.25) is 0 Å². The molecule has 0 aliphatic rings. The molecule has 0 aromatic carbocycles. The molecule has 0 atom stereocenters. The third-order valence-electron chi connectivity index (χ3n) is 2.04. The van der Waals surface area contributed by atoms with Crippen molar-refractivity contribution < 1.29 is 14.3 Å². The molecule has 1 aromatic rings. The predicted octanol–water partition coefficient (Wildman–Crippen LogP) is 1.57. The van der Waals surface area contributed by atoms with Crippen LogP contribution in [0.25, 0.3) is 0 Å². The van der Waals surface area contributed by atoms with E-state index >= 15 is 0 Å². The van der Waals surface area contributed by atoms with Gasteiger partial charge in [-0.05, 0) is 20.8 Å². The first kappa shape index (κ1) is 16.1. The van der Waals surface area contributed by atoms with E-state index in [1.165, 1.54) is 0 Å². The fraction of sp³-hybridized carbons (Fsp3) is 0.750. The Labute approximate surface area is 121 Å². The highest BCUT2D eigenvalue weighted by Crippen LogP contribution is 2.06. The average Bonchev–Trinajstić information content (AvgIpc) is 2.70. The highest BCUT2D eigenvalue weighted by Gasteiger charge is 2.15. The molecule has 1 rings (SSSR count). The first-order valence-corrected chi connectivity index (χ1v) is 7.27. The lowest BCUT2D eigenvalue weighted by Gasteiger charge is -2.19. The van der Waals surface area contributed by atoms with Crippen LogP contribution in [0.1, 0.15) is 26.5 Å². The van der Waals surface area contributed by atoms with Crippen molar-refractivity contribution in [2.45, 2.75) is 39.3 Å². The van der Waals surface area contributed by atoms with Gasteiger partial charge in [0, 0.05) is 17.9 Å². The minimum atomic E-state index is -0.475. The lowest BCUT2D eigenvalue weighted by Crippen LogP contribution is -2.27. The summed E-state index contributed by atoms with van der Waals surface area (Å²) in [5, 5.41) is 8.83. The topological polar surface area (TPSA) is 66.2 Å². The average molecular weight is 334 g/mol. The maximum Gasteiger partial charge on any atom is 0.332 e. The van der Waals surface area contributed by atoms with Crippen molar-refractivity contribution in [3.05, 3.63) is 11.9 Å². The molecule has 0 spiro atoms. The van der Waals surface area contributed by atoms with Gasteiger partial charge in [0.1, 0.15) is 12.2 Å². The van der Waals surface area contributed by atoms with Gasteiger partial charge in [-0.3, -0.25) is 0 Å². The largest absolute Gasteiger partial charge is 0.458 e. The normalized spacial score (nSPS) is 11.6. The monoisotopic (exact) mass is 333 g/mol. The fourth-order valence-corrected chi connectivity index (χ4v) is 1.75. The van der Waals surface area contributed by atoms with Gasteiger partial charge in [-0.25, -0.2) is 9.48 Å². The summed E-state index contributed by atoms with van der Waals surface area (Å²) < 4.78 is 12.1. The summed E-state index contributed by atoms with van der Waals surface area (Å²) in [5.41, 5.74) is 0.459. The van der Waals surface area contributed by atoms with Crippen molar-refractivity contribution in [3.63, 3.8) is 0 Å². The van der Waals surface area contributed by atoms with Crippen molar-refractivity contribution >= 4 is 21.9 Å². The van der Waals surface area contributed by atoms with Gasteiger partial charge in [0.05, 0.1) is 18.8 Å². The molecular formula is C12H20BrN3O3. The lowest BCUT2D eigenvalue weighted by molar-refractivity contribution is -0.160. The number of aromatic nitrogens is 3. The molecule has 0 aliphatic carbocycles. The number of aryl methyl sites for hydroxylation is 1. The molecule has 0 saturated carbocycles. The molecule has 108 valence electrons. The van der Waals surface area contributed by atoms with Gasteiger partial charge in [0.15, 0.2) is 0 Å². The Hall–Kier alpha value is -0.950. The number of halogens is 1. The number of nitrogens with zero attached hydrogens (tertiary/aromatic N) is 3. The fourth-order valence-electron chi connectivity index (χ4n) is 1.34. The zero-order chi connectivity index (χ0) is 14.3. The van der Waals surface area contributed by atoms with Crippen LogP contribution in [0.2, 0.25) is 0 Å². The number of hydrogen-bond donors (Lipinski definition) is 0. The predicted molar refractivity (Wildman–Crippen MR) is 74.2 cm³/mol. The van der Waals surface area contributed by atoms with Gasteiger partial charge >= 0.3 is 5.97 Å². The van der Waals surface area contributed by atoms with Crippen LogP contribution in [-0.2, 0) is 27.2 Å². The van der Waals surface area contributed by atoms with Gasteiger partial charge in [-0.15, -0.1) is 5.10 Å². The zero-order valence-corrected chi connectivity index (χ0v) is 13.1. The first-order valence-electron chi connectivity index (χ1n) is 6.15. The molecule has 0 radical (unpaired) electrons. The number of esters is 1. The van der Waals surface area contributed by atoms with Gasteiger partial charge < -0.3 is 9.47 Å². The Morgan fingerprint density at radius 2 is 2.21 bits per heavy atom. The molecule has 6 nitrogen and oxygen atoms in total. The van der Waals surface area contributed by atoms with Gasteiger partial charge in [-0.2, -0.15) is 0 Å². The number of hydrogen-bond acceptors (Lipinski definition) is 5. The molecule has 1 aromatic heterocycles. The van der Waals surface area contributed by atoms with Gasteiger partial charge in [0.25, 0.3) is 0 Å². The van der Waals surface area contributed by atoms with Crippen LogP contribution in [0.4, 0.5) is 0 Å². The quantitative estimate of drug-likeness (QED) is 0.430. The Balaban J connectivity index is 2.18. The highest BCUT2D eigenvalue weighted by molar-refractivity contribution is 9.09. The third-order valence-corrected chi connectivity index (χ3v) is 2.44. The van der Waals surface area contributed by atoms with Crippen molar-refractivity contribution in [1.82, 2.24) is 15.0 Å². The molecule has 0 amide bonds. The second-order valence-corrected chi connectivity index (χ2v) is 5.84. The molecule has 0 unspecified atom stereocenters. The van der Waals surface area contributed by atoms with Crippen LogP contribution in [0.3, 0.4) is 0 Å². The second kappa shape index (κ2) is 7.59. The number of alkyl halides is 1. The molecule has 0 bridgehead atoms. The number of carbonyl (C=O) groups excluding carboxylic acids is 1. The van der Waals surface area contributed by atoms with Crippen molar-refractivity contribution in [2.24, 2.45) is 0 Å². The molecule has 0 aliphatic heterocycles. The maximum absolute atomic E-state index is 11.4. The van der Waals surface area contributed by atoms with Crippen molar-refractivity contribution in [1.29, 1.82) is 0 Å². The van der Waals surface area contributed by atoms with E-state index < -0.39 is 5.60 Å². The summed E-state index contributed by atoms with van der Waals surface area (Å²) in [6.45, 7) is 6.40. The van der Waals surface area contributed by atoms with E-state index in [0.717, 1.165) is 17.4 Å². The number of ether oxygens (including phenoxy) is 2. The highest BCUT2D eigenvalue weighted by atomic mass is 79.9. The summed E-state index contributed by atoms with van der Waals surface area (Å²) in [5.74, 6) is -0.355. The zero-order valence-electron chi connectivity index (χ0n) is 11.6. The summed E-state index contributed by atoms with van der Waals surface area (Å²) in [4.78, 5) is 11.4. The molecule has 19 heavy (non-hydrogen) atoms. The Bertz CT molecular complexity index is 401. The van der Waals surface area contributed by atoms with Crippen LogP contribution in [0.5, 0.6) is 0 Å². The summed E-state index contributed by atoms with van der Waals surface area (Å²) in [6.07, 6.45) is 2.72. The summed E-state index contributed by atoms with van der Waals surface area (Å²) in [6, 6.07) is 0. The maximum atomic E-state index is 11.4. The first-order chi connectivity index (χ1) is 8.90. The lowest BCUT2D eigenvalue weighted by atomic mass is 10.2. The Kier molecular flexibility index (Phi) is 6.44. The number of carbonyl (C=O) groups is 1. The van der Waals surface area contributed by atoms with E-state index in [2.05, 4.69) is 26.2 Å². The van der Waals surface area contributed by atoms with E-state index in [0.29, 0.717) is 13.2 Å². The second-order valence-electron chi connectivity index (χ2n) is 5.05. The van der Waals surface area contributed by atoms with Crippen LogP contribution in [0, 0.1) is 0 Å². The smallest absolute Gasteiger partial charge is 0.332 e.